The normalized spacial score (nSPS) is 10.5. The fraction of sp³-hybridized carbons (Fsp3) is 0.222. The lowest BCUT2D eigenvalue weighted by Crippen LogP contribution is -2.01. The number of hydrogen-bond acceptors (Lipinski definition) is 5. The molecule has 3 rings (SSSR count). The molecule has 25 heavy (non-hydrogen) atoms. The Morgan fingerprint density at radius 2 is 2.20 bits per heavy atom. The Bertz CT molecular complexity index is 1010. The van der Waals surface area contributed by atoms with Crippen LogP contribution in [-0.2, 0) is 6.54 Å². The molecular weight excluding hydrogens is 332 g/mol. The van der Waals surface area contributed by atoms with Crippen LogP contribution >= 0.6 is 11.8 Å². The van der Waals surface area contributed by atoms with Crippen molar-refractivity contribution >= 4 is 34.4 Å². The predicted octanol–water partition coefficient (Wildman–Crippen LogP) is 3.83. The minimum Gasteiger partial charge on any atom is -0.382 e. The van der Waals surface area contributed by atoms with Crippen molar-refractivity contribution in [3.63, 3.8) is 0 Å². The molecule has 2 heterocycles. The van der Waals surface area contributed by atoms with Gasteiger partial charge >= 0.3 is 0 Å². The van der Waals surface area contributed by atoms with Gasteiger partial charge < -0.3 is 10.3 Å². The minimum absolute atomic E-state index is 0.355. The first-order valence-corrected chi connectivity index (χ1v) is 8.51. The maximum Gasteiger partial charge on any atom is 0.188 e. The second-order valence-corrected chi connectivity index (χ2v) is 6.54. The van der Waals surface area contributed by atoms with Crippen molar-refractivity contribution < 1.29 is 0 Å². The van der Waals surface area contributed by atoms with Crippen LogP contribution in [0.5, 0.6) is 0 Å². The van der Waals surface area contributed by atoms with Crippen LogP contribution in [0.25, 0.3) is 16.0 Å². The Morgan fingerprint density at radius 3 is 2.96 bits per heavy atom. The number of terminal acetylenes is 1. The number of benzene rings is 1. The van der Waals surface area contributed by atoms with Crippen LogP contribution < -0.4 is 5.73 Å². The molecule has 2 aromatic heterocycles. The summed E-state index contributed by atoms with van der Waals surface area (Å²) >= 11 is 1.48. The molecule has 0 spiro atoms. The first kappa shape index (κ1) is 16.8. The van der Waals surface area contributed by atoms with Crippen LogP contribution in [0.4, 0.5) is 11.5 Å². The van der Waals surface area contributed by atoms with E-state index in [0.717, 1.165) is 22.0 Å². The van der Waals surface area contributed by atoms with E-state index in [-0.39, 0.29) is 0 Å². The zero-order valence-corrected chi connectivity index (χ0v) is 14.5. The molecule has 0 amide bonds. The summed E-state index contributed by atoms with van der Waals surface area (Å²) in [5.74, 6) is 3.01. The third-order valence-corrected chi connectivity index (χ3v) is 4.57. The van der Waals surface area contributed by atoms with Gasteiger partial charge in [-0.3, -0.25) is 0 Å². The van der Waals surface area contributed by atoms with Gasteiger partial charge in [-0.05, 0) is 25.5 Å². The molecule has 3 aromatic rings. The van der Waals surface area contributed by atoms with Gasteiger partial charge in [0.05, 0.1) is 6.57 Å². The number of anilines is 1. The number of nitrogens with zero attached hydrogens (tertiary/aromatic N) is 5. The largest absolute Gasteiger partial charge is 0.382 e. The Labute approximate surface area is 150 Å². The molecule has 7 heteroatoms. The number of rotatable bonds is 5. The Hall–Kier alpha value is -3.03. The summed E-state index contributed by atoms with van der Waals surface area (Å²) in [7, 11) is 0. The summed E-state index contributed by atoms with van der Waals surface area (Å²) in [5, 5.41) is 0.765. The predicted molar refractivity (Wildman–Crippen MR) is 99.4 cm³/mol. The molecule has 0 saturated heterocycles. The Morgan fingerprint density at radius 1 is 1.36 bits per heavy atom. The highest BCUT2D eigenvalue weighted by Crippen LogP contribution is 2.33. The highest BCUT2D eigenvalue weighted by Gasteiger charge is 2.16. The molecule has 0 saturated carbocycles. The van der Waals surface area contributed by atoms with E-state index in [9.17, 15) is 0 Å². The van der Waals surface area contributed by atoms with Crippen molar-refractivity contribution in [1.82, 2.24) is 19.5 Å². The van der Waals surface area contributed by atoms with Crippen LogP contribution in [0.3, 0.4) is 0 Å². The average molecular weight is 348 g/mol. The molecule has 6 nitrogen and oxygen atoms in total. The maximum atomic E-state index is 7.23. The molecular formula is C18H16N6S. The van der Waals surface area contributed by atoms with E-state index in [1.165, 1.54) is 18.1 Å². The fourth-order valence-electron chi connectivity index (χ4n) is 2.51. The smallest absolute Gasteiger partial charge is 0.188 e. The van der Waals surface area contributed by atoms with E-state index in [1.807, 2.05) is 29.7 Å². The van der Waals surface area contributed by atoms with Crippen LogP contribution in [0, 0.1) is 25.8 Å². The van der Waals surface area contributed by atoms with Gasteiger partial charge in [-0.25, -0.2) is 19.8 Å². The highest BCUT2D eigenvalue weighted by molar-refractivity contribution is 7.99. The van der Waals surface area contributed by atoms with Crippen LogP contribution in [0.1, 0.15) is 18.4 Å². The lowest BCUT2D eigenvalue weighted by molar-refractivity contribution is 0.615. The molecule has 124 valence electrons. The van der Waals surface area contributed by atoms with Gasteiger partial charge in [0.1, 0.15) is 6.33 Å². The van der Waals surface area contributed by atoms with Gasteiger partial charge in [0.15, 0.2) is 27.8 Å². The van der Waals surface area contributed by atoms with E-state index in [1.54, 1.807) is 0 Å². The number of hydrogen-bond donors (Lipinski definition) is 1. The molecule has 0 atom stereocenters. The van der Waals surface area contributed by atoms with Crippen LogP contribution in [0.15, 0.2) is 34.6 Å². The molecule has 2 N–H and O–H groups in total. The zero-order chi connectivity index (χ0) is 17.8. The quantitative estimate of drug-likeness (QED) is 0.431. The fourth-order valence-corrected chi connectivity index (χ4v) is 3.57. The number of unbranched alkanes of at least 4 members (excludes halogenated alkanes) is 1. The van der Waals surface area contributed by atoms with Crippen molar-refractivity contribution in [2.24, 2.45) is 0 Å². The molecule has 0 aliphatic heterocycles. The topological polar surface area (TPSA) is 74.0 Å². The summed E-state index contributed by atoms with van der Waals surface area (Å²) in [6, 6.07) is 5.74. The molecule has 1 aromatic carbocycles. The van der Waals surface area contributed by atoms with Gasteiger partial charge in [0.2, 0.25) is 0 Å². The van der Waals surface area contributed by atoms with Crippen molar-refractivity contribution in [2.75, 3.05) is 5.73 Å². The Balaban J connectivity index is 2.04. The molecule has 0 aliphatic rings. The van der Waals surface area contributed by atoms with E-state index in [2.05, 4.69) is 25.7 Å². The number of fused-ring (bicyclic) bond motifs is 1. The maximum absolute atomic E-state index is 7.23. The number of aromatic nitrogens is 4. The second kappa shape index (κ2) is 7.25. The summed E-state index contributed by atoms with van der Waals surface area (Å²) in [5.41, 5.74) is 8.87. The first-order chi connectivity index (χ1) is 12.1. The first-order valence-electron chi connectivity index (χ1n) is 7.69. The van der Waals surface area contributed by atoms with Crippen LogP contribution in [-0.4, -0.2) is 19.5 Å². The van der Waals surface area contributed by atoms with E-state index < -0.39 is 0 Å². The van der Waals surface area contributed by atoms with E-state index in [0.29, 0.717) is 35.6 Å². The van der Waals surface area contributed by atoms with Gasteiger partial charge in [0.25, 0.3) is 0 Å². The van der Waals surface area contributed by atoms with E-state index >= 15 is 0 Å². The lowest BCUT2D eigenvalue weighted by atomic mass is 10.2. The van der Waals surface area contributed by atoms with Gasteiger partial charge in [0, 0.05) is 17.9 Å². The van der Waals surface area contributed by atoms with Gasteiger partial charge in [-0.15, -0.1) is 12.3 Å². The summed E-state index contributed by atoms with van der Waals surface area (Å²) in [6.45, 7) is 9.89. The van der Waals surface area contributed by atoms with Crippen molar-refractivity contribution in [1.29, 1.82) is 0 Å². The van der Waals surface area contributed by atoms with Gasteiger partial charge in [-0.2, -0.15) is 0 Å². The Kier molecular flexibility index (Phi) is 4.87. The SMILES string of the molecule is [C-]#[N+]c1cc(C)cc(Sc2nc3c(N)ncnc3n2CCCC#C)c1. The van der Waals surface area contributed by atoms with Crippen molar-refractivity contribution in [2.45, 2.75) is 36.4 Å². The average Bonchev–Trinajstić information content (AvgIpc) is 2.93. The number of nitrogens with two attached hydrogens (primary N) is 1. The van der Waals surface area contributed by atoms with Crippen molar-refractivity contribution in [3.8, 4) is 12.3 Å². The molecule has 0 bridgehead atoms. The standard InChI is InChI=1S/C18H16N6S/c1-4-5-6-7-24-17-15(16(19)21-11-22-17)23-18(24)25-14-9-12(2)8-13(10-14)20-3/h1,8-11H,5-7H2,2H3,(H2,19,21,22). The number of nitrogen functional groups attached to an aromatic ring is 1. The minimum atomic E-state index is 0.355. The lowest BCUT2D eigenvalue weighted by Gasteiger charge is -2.08. The van der Waals surface area contributed by atoms with Gasteiger partial charge in [-0.1, -0.05) is 23.4 Å². The molecule has 0 radical (unpaired) electrons. The van der Waals surface area contributed by atoms with Crippen LogP contribution in [0.2, 0.25) is 0 Å². The molecule has 0 fully saturated rings. The molecule has 0 unspecified atom stereocenters. The number of aryl methyl sites for hydroxylation is 2. The zero-order valence-electron chi connectivity index (χ0n) is 13.7. The highest BCUT2D eigenvalue weighted by atomic mass is 32.2. The second-order valence-electron chi connectivity index (χ2n) is 5.50. The monoisotopic (exact) mass is 348 g/mol. The third-order valence-electron chi connectivity index (χ3n) is 3.60. The van der Waals surface area contributed by atoms with E-state index in [4.69, 9.17) is 18.7 Å². The number of imidazole rings is 1. The summed E-state index contributed by atoms with van der Waals surface area (Å²) < 4.78 is 2.01. The third kappa shape index (κ3) is 3.57. The molecule has 0 aliphatic carbocycles. The summed E-state index contributed by atoms with van der Waals surface area (Å²) in [6.07, 6.45) is 8.30. The summed E-state index contributed by atoms with van der Waals surface area (Å²) in [4.78, 5) is 17.4. The van der Waals surface area contributed by atoms with Crippen molar-refractivity contribution in [3.05, 3.63) is 41.5 Å².